The van der Waals surface area contributed by atoms with E-state index in [1.165, 1.54) is 6.07 Å². The molecule has 1 aliphatic heterocycles. The van der Waals surface area contributed by atoms with Crippen LogP contribution < -0.4 is 10.4 Å². The summed E-state index contributed by atoms with van der Waals surface area (Å²) >= 11 is 0. The van der Waals surface area contributed by atoms with Crippen molar-refractivity contribution in [3.63, 3.8) is 0 Å². The van der Waals surface area contributed by atoms with Crippen LogP contribution in [0.1, 0.15) is 11.1 Å². The van der Waals surface area contributed by atoms with Crippen LogP contribution in [-0.4, -0.2) is 18.2 Å². The van der Waals surface area contributed by atoms with Crippen LogP contribution >= 0.6 is 0 Å². The second-order valence-electron chi connectivity index (χ2n) is 7.06. The molecule has 2 heterocycles. The summed E-state index contributed by atoms with van der Waals surface area (Å²) in [7, 11) is 0. The van der Waals surface area contributed by atoms with Crippen molar-refractivity contribution in [2.24, 2.45) is 0 Å². The summed E-state index contributed by atoms with van der Waals surface area (Å²) < 4.78 is 25.0. The number of fused-ring (bicyclic) bond motifs is 5. The van der Waals surface area contributed by atoms with Gasteiger partial charge in [0.15, 0.2) is 0 Å². The van der Waals surface area contributed by atoms with E-state index in [9.17, 15) is 9.18 Å². The average Bonchev–Trinajstić information content (AvgIpc) is 2.72. The lowest BCUT2D eigenvalue weighted by molar-refractivity contribution is 0.0968. The zero-order valence-corrected chi connectivity index (χ0v) is 15.2. The van der Waals surface area contributed by atoms with Crippen LogP contribution in [0.25, 0.3) is 21.7 Å². The van der Waals surface area contributed by atoms with Crippen molar-refractivity contribution >= 4 is 21.7 Å². The smallest absolute Gasteiger partial charge is 0.344 e. The Morgan fingerprint density at radius 1 is 0.964 bits per heavy atom. The van der Waals surface area contributed by atoms with Gasteiger partial charge >= 0.3 is 5.63 Å². The molecule has 28 heavy (non-hydrogen) atoms. The van der Waals surface area contributed by atoms with Crippen LogP contribution in [-0.2, 0) is 13.0 Å². The molecule has 0 saturated carbocycles. The summed E-state index contributed by atoms with van der Waals surface area (Å²) in [6.07, 6.45) is 0.716. The van der Waals surface area contributed by atoms with Gasteiger partial charge in [0, 0.05) is 18.5 Å². The van der Waals surface area contributed by atoms with Crippen molar-refractivity contribution in [1.82, 2.24) is 4.90 Å². The Balaban J connectivity index is 1.49. The lowest BCUT2D eigenvalue weighted by atomic mass is 10.0. The van der Waals surface area contributed by atoms with Crippen molar-refractivity contribution < 1.29 is 13.5 Å². The number of rotatable bonds is 3. The highest BCUT2D eigenvalue weighted by atomic mass is 19.1. The lowest BCUT2D eigenvalue weighted by Crippen LogP contribution is -2.33. The molecule has 3 aromatic carbocycles. The molecule has 0 radical (unpaired) electrons. The molecule has 0 atom stereocenters. The zero-order chi connectivity index (χ0) is 19.1. The highest BCUT2D eigenvalue weighted by Crippen LogP contribution is 2.34. The van der Waals surface area contributed by atoms with Crippen LogP contribution in [0.2, 0.25) is 0 Å². The molecule has 0 saturated heterocycles. The molecule has 4 nitrogen and oxygen atoms in total. The highest BCUT2D eigenvalue weighted by Gasteiger charge is 2.22. The van der Waals surface area contributed by atoms with Crippen molar-refractivity contribution in [1.29, 1.82) is 0 Å². The molecule has 1 aromatic heterocycles. The Morgan fingerprint density at radius 2 is 1.82 bits per heavy atom. The molecular weight excluding hydrogens is 357 g/mol. The predicted molar refractivity (Wildman–Crippen MR) is 106 cm³/mol. The number of hydrogen-bond donors (Lipinski definition) is 0. The van der Waals surface area contributed by atoms with Gasteiger partial charge in [-0.3, -0.25) is 4.90 Å². The van der Waals surface area contributed by atoms with Gasteiger partial charge in [-0.05, 0) is 47.7 Å². The summed E-state index contributed by atoms with van der Waals surface area (Å²) in [5, 5.41) is 2.37. The van der Waals surface area contributed by atoms with E-state index in [0.717, 1.165) is 34.2 Å². The minimum absolute atomic E-state index is 0.225. The quantitative estimate of drug-likeness (QED) is 0.391. The molecule has 0 amide bonds. The van der Waals surface area contributed by atoms with Gasteiger partial charge in [0.25, 0.3) is 0 Å². The maximum absolute atomic E-state index is 13.4. The lowest BCUT2D eigenvalue weighted by Gasteiger charge is -2.29. The minimum Gasteiger partial charge on any atom is -0.478 e. The summed E-state index contributed by atoms with van der Waals surface area (Å²) in [5.74, 6) is 0.519. The zero-order valence-electron chi connectivity index (χ0n) is 15.2. The van der Waals surface area contributed by atoms with E-state index in [1.807, 2.05) is 36.4 Å². The van der Waals surface area contributed by atoms with Crippen LogP contribution in [0.15, 0.2) is 69.9 Å². The summed E-state index contributed by atoms with van der Waals surface area (Å²) in [5.41, 5.74) is 2.07. The summed E-state index contributed by atoms with van der Waals surface area (Å²) in [6.45, 7) is 1.78. The van der Waals surface area contributed by atoms with E-state index in [-0.39, 0.29) is 11.4 Å². The molecular formula is C23H18FNO3. The van der Waals surface area contributed by atoms with Crippen molar-refractivity contribution in [3.05, 3.63) is 88.0 Å². The molecule has 0 bridgehead atoms. The maximum Gasteiger partial charge on any atom is 0.344 e. The number of halogens is 1. The predicted octanol–water partition coefficient (Wildman–Crippen LogP) is 4.48. The van der Waals surface area contributed by atoms with Gasteiger partial charge in [0.05, 0.1) is 10.9 Å². The molecule has 140 valence electrons. The fraction of sp³-hybridized carbons (Fsp3) is 0.174. The SMILES string of the molecule is O=c1oc2c3c(ccc2c2ccccc12)OCN(CCc1cccc(F)c1)C3. The molecule has 1 aliphatic rings. The van der Waals surface area contributed by atoms with Gasteiger partial charge in [0.2, 0.25) is 0 Å². The number of hydrogen-bond acceptors (Lipinski definition) is 4. The van der Waals surface area contributed by atoms with Gasteiger partial charge in [0.1, 0.15) is 23.9 Å². The Kier molecular flexibility index (Phi) is 4.10. The molecule has 0 N–H and O–H groups in total. The van der Waals surface area contributed by atoms with E-state index >= 15 is 0 Å². The normalized spacial score (nSPS) is 14.2. The molecule has 5 heteroatoms. The van der Waals surface area contributed by atoms with Crippen LogP contribution in [0.4, 0.5) is 4.39 Å². The summed E-state index contributed by atoms with van der Waals surface area (Å²) in [4.78, 5) is 14.6. The first-order valence-electron chi connectivity index (χ1n) is 9.26. The Labute approximate surface area is 160 Å². The van der Waals surface area contributed by atoms with Gasteiger partial charge in [-0.25, -0.2) is 9.18 Å². The molecule has 4 aromatic rings. The van der Waals surface area contributed by atoms with E-state index in [4.69, 9.17) is 9.15 Å². The van der Waals surface area contributed by atoms with Gasteiger partial charge < -0.3 is 9.15 Å². The third kappa shape index (κ3) is 2.94. The average molecular weight is 375 g/mol. The maximum atomic E-state index is 13.4. The van der Waals surface area contributed by atoms with Crippen molar-refractivity contribution in [2.45, 2.75) is 13.0 Å². The second-order valence-corrected chi connectivity index (χ2v) is 7.06. The molecule has 0 spiro atoms. The van der Waals surface area contributed by atoms with Crippen LogP contribution in [0.3, 0.4) is 0 Å². The number of ether oxygens (including phenoxy) is 1. The van der Waals surface area contributed by atoms with E-state index in [0.29, 0.717) is 30.7 Å². The fourth-order valence-electron chi connectivity index (χ4n) is 3.82. The van der Waals surface area contributed by atoms with Gasteiger partial charge in [-0.15, -0.1) is 0 Å². The minimum atomic E-state index is -0.339. The fourth-order valence-corrected chi connectivity index (χ4v) is 3.82. The highest BCUT2D eigenvalue weighted by molar-refractivity contribution is 6.05. The van der Waals surface area contributed by atoms with E-state index in [2.05, 4.69) is 4.90 Å². The molecule has 5 rings (SSSR count). The first-order chi connectivity index (χ1) is 13.7. The van der Waals surface area contributed by atoms with Gasteiger partial charge in [-0.1, -0.05) is 30.3 Å². The van der Waals surface area contributed by atoms with E-state index in [1.54, 1.807) is 18.2 Å². The second kappa shape index (κ2) is 6.77. The molecule has 0 unspecified atom stereocenters. The Bertz CT molecular complexity index is 1250. The Hall–Kier alpha value is -3.18. The van der Waals surface area contributed by atoms with E-state index < -0.39 is 0 Å². The largest absolute Gasteiger partial charge is 0.478 e. The number of benzene rings is 3. The first-order valence-corrected chi connectivity index (χ1v) is 9.26. The Morgan fingerprint density at radius 3 is 2.68 bits per heavy atom. The van der Waals surface area contributed by atoms with Crippen molar-refractivity contribution in [2.75, 3.05) is 13.3 Å². The molecule has 0 aliphatic carbocycles. The topological polar surface area (TPSA) is 42.7 Å². The van der Waals surface area contributed by atoms with Crippen LogP contribution in [0.5, 0.6) is 5.75 Å². The third-order valence-corrected chi connectivity index (χ3v) is 5.24. The first kappa shape index (κ1) is 17.0. The monoisotopic (exact) mass is 375 g/mol. The number of nitrogens with zero attached hydrogens (tertiary/aromatic N) is 1. The standard InChI is InChI=1S/C23H18FNO3/c24-16-5-3-4-15(12-16)10-11-25-13-20-21(27-14-25)9-8-18-17-6-1-2-7-19(17)23(26)28-22(18)20/h1-9,12H,10-11,13-14H2. The third-order valence-electron chi connectivity index (χ3n) is 5.24. The van der Waals surface area contributed by atoms with Crippen LogP contribution in [0, 0.1) is 5.82 Å². The van der Waals surface area contributed by atoms with Crippen molar-refractivity contribution in [3.8, 4) is 5.75 Å². The van der Waals surface area contributed by atoms with Gasteiger partial charge in [-0.2, -0.15) is 0 Å². The molecule has 0 fully saturated rings. The summed E-state index contributed by atoms with van der Waals surface area (Å²) in [6, 6.07) is 18.0.